The van der Waals surface area contributed by atoms with Crippen LogP contribution in [0.15, 0.2) is 30.5 Å². The van der Waals surface area contributed by atoms with Crippen LogP contribution in [0.1, 0.15) is 27.0 Å². The molecule has 0 saturated carbocycles. The van der Waals surface area contributed by atoms with Crippen molar-refractivity contribution in [2.24, 2.45) is 0 Å². The van der Waals surface area contributed by atoms with Crippen molar-refractivity contribution in [1.82, 2.24) is 9.88 Å². The highest BCUT2D eigenvalue weighted by molar-refractivity contribution is 6.30. The summed E-state index contributed by atoms with van der Waals surface area (Å²) in [6.45, 7) is 9.56. The minimum absolute atomic E-state index is 0.0268. The molecule has 2 heterocycles. The van der Waals surface area contributed by atoms with Crippen LogP contribution in [0.25, 0.3) is 0 Å². The number of aryl methyl sites for hydroxylation is 3. The van der Waals surface area contributed by atoms with Gasteiger partial charge in [0.1, 0.15) is 7.85 Å². The van der Waals surface area contributed by atoms with Crippen LogP contribution in [0, 0.1) is 20.8 Å². The lowest BCUT2D eigenvalue weighted by molar-refractivity contribution is 0.0746. The molecule has 24 heavy (non-hydrogen) atoms. The molecule has 1 aromatic heterocycles. The second kappa shape index (κ2) is 6.67. The Kier molecular flexibility index (Phi) is 4.61. The lowest BCUT2D eigenvalue weighted by Gasteiger charge is -2.37. The second-order valence-corrected chi connectivity index (χ2v) is 6.47. The molecule has 0 spiro atoms. The van der Waals surface area contributed by atoms with Gasteiger partial charge in [0, 0.05) is 38.1 Å². The predicted octanol–water partition coefficient (Wildman–Crippen LogP) is 1.76. The van der Waals surface area contributed by atoms with Crippen LogP contribution in [0.2, 0.25) is 0 Å². The monoisotopic (exact) mass is 319 g/mol. The Labute approximate surface area is 144 Å². The van der Waals surface area contributed by atoms with E-state index in [1.165, 1.54) is 22.4 Å². The molecule has 0 N–H and O–H groups in total. The Hall–Kier alpha value is -2.30. The van der Waals surface area contributed by atoms with Gasteiger partial charge in [-0.15, -0.1) is 0 Å². The maximum Gasteiger partial charge on any atom is 0.255 e. The van der Waals surface area contributed by atoms with Crippen molar-refractivity contribution in [1.29, 1.82) is 0 Å². The number of carbonyl (C=O) groups excluding carboxylic acids is 1. The Morgan fingerprint density at radius 2 is 1.67 bits per heavy atom. The molecule has 122 valence electrons. The highest BCUT2D eigenvalue weighted by Gasteiger charge is 2.23. The topological polar surface area (TPSA) is 36.4 Å². The average molecular weight is 319 g/mol. The zero-order chi connectivity index (χ0) is 17.3. The summed E-state index contributed by atoms with van der Waals surface area (Å²) in [5, 5.41) is 0. The molecule has 1 aliphatic heterocycles. The summed E-state index contributed by atoms with van der Waals surface area (Å²) in [5.74, 6) is 0.0268. The Morgan fingerprint density at radius 1 is 1.00 bits per heavy atom. The SMILES string of the molecule is [B]c1ccc(C(=O)N2CCN(c3cc(C)c(C)cc3C)CC2)cn1. The molecule has 3 rings (SSSR count). The van der Waals surface area contributed by atoms with E-state index in [0.717, 1.165) is 26.2 Å². The van der Waals surface area contributed by atoms with Gasteiger partial charge in [-0.2, -0.15) is 0 Å². The molecule has 4 nitrogen and oxygen atoms in total. The molecule has 1 aromatic carbocycles. The molecule has 1 amide bonds. The van der Waals surface area contributed by atoms with Crippen LogP contribution in [0.4, 0.5) is 5.69 Å². The third kappa shape index (κ3) is 3.30. The van der Waals surface area contributed by atoms with Crippen LogP contribution >= 0.6 is 0 Å². The molecular weight excluding hydrogens is 297 g/mol. The third-order valence-electron chi connectivity index (χ3n) is 4.75. The smallest absolute Gasteiger partial charge is 0.255 e. The van der Waals surface area contributed by atoms with E-state index in [2.05, 4.69) is 42.8 Å². The van der Waals surface area contributed by atoms with Crippen molar-refractivity contribution in [3.05, 3.63) is 52.7 Å². The number of hydrogen-bond acceptors (Lipinski definition) is 3. The van der Waals surface area contributed by atoms with Crippen LogP contribution < -0.4 is 10.5 Å². The van der Waals surface area contributed by atoms with Crippen LogP contribution in [-0.2, 0) is 0 Å². The number of hydrogen-bond donors (Lipinski definition) is 0. The van der Waals surface area contributed by atoms with Gasteiger partial charge in [-0.25, -0.2) is 0 Å². The van der Waals surface area contributed by atoms with E-state index in [1.807, 2.05) is 4.90 Å². The molecule has 0 aliphatic carbocycles. The van der Waals surface area contributed by atoms with E-state index in [1.54, 1.807) is 18.3 Å². The first kappa shape index (κ1) is 16.6. The van der Waals surface area contributed by atoms with Gasteiger partial charge >= 0.3 is 0 Å². The fourth-order valence-electron chi connectivity index (χ4n) is 3.15. The minimum Gasteiger partial charge on any atom is -0.368 e. The van der Waals surface area contributed by atoms with Crippen molar-refractivity contribution in [2.75, 3.05) is 31.1 Å². The zero-order valence-electron chi connectivity index (χ0n) is 14.5. The number of carbonyl (C=O) groups is 1. The van der Waals surface area contributed by atoms with Gasteiger partial charge in [0.05, 0.1) is 5.56 Å². The molecular formula is C19H22BN3O. The Balaban J connectivity index is 1.68. The summed E-state index contributed by atoms with van der Waals surface area (Å²) in [6.07, 6.45) is 1.55. The highest BCUT2D eigenvalue weighted by atomic mass is 16.2. The largest absolute Gasteiger partial charge is 0.368 e. The molecule has 2 aromatic rings. The van der Waals surface area contributed by atoms with Crippen LogP contribution in [-0.4, -0.2) is 49.8 Å². The Bertz CT molecular complexity index is 750. The molecule has 1 aliphatic rings. The second-order valence-electron chi connectivity index (χ2n) is 6.47. The molecule has 5 heteroatoms. The maximum absolute atomic E-state index is 12.5. The van der Waals surface area contributed by atoms with Crippen molar-refractivity contribution in [3.8, 4) is 0 Å². The minimum atomic E-state index is 0.0268. The number of piperazine rings is 1. The Morgan fingerprint density at radius 3 is 2.29 bits per heavy atom. The normalized spacial score (nSPS) is 14.8. The lowest BCUT2D eigenvalue weighted by Crippen LogP contribution is -2.49. The summed E-state index contributed by atoms with van der Waals surface area (Å²) in [5.41, 5.74) is 6.23. The first-order chi connectivity index (χ1) is 11.5. The third-order valence-corrected chi connectivity index (χ3v) is 4.75. The van der Waals surface area contributed by atoms with E-state index in [4.69, 9.17) is 7.85 Å². The summed E-state index contributed by atoms with van der Waals surface area (Å²) < 4.78 is 0. The summed E-state index contributed by atoms with van der Waals surface area (Å²) in [7, 11) is 5.58. The van der Waals surface area contributed by atoms with Crippen LogP contribution in [0.3, 0.4) is 0 Å². The molecule has 1 fully saturated rings. The first-order valence-electron chi connectivity index (χ1n) is 8.29. The number of pyridine rings is 1. The molecule has 2 radical (unpaired) electrons. The summed E-state index contributed by atoms with van der Waals surface area (Å²) in [4.78, 5) is 20.8. The van der Waals surface area contributed by atoms with E-state index in [9.17, 15) is 4.79 Å². The van der Waals surface area contributed by atoms with Crippen molar-refractivity contribution >= 4 is 25.0 Å². The molecule has 0 unspecified atom stereocenters. The maximum atomic E-state index is 12.5. The van der Waals surface area contributed by atoms with E-state index in [-0.39, 0.29) is 5.91 Å². The van der Waals surface area contributed by atoms with Gasteiger partial charge < -0.3 is 9.80 Å². The fourth-order valence-corrected chi connectivity index (χ4v) is 3.15. The van der Waals surface area contributed by atoms with Gasteiger partial charge in [-0.3, -0.25) is 9.78 Å². The highest BCUT2D eigenvalue weighted by Crippen LogP contribution is 2.25. The van der Waals surface area contributed by atoms with Gasteiger partial charge in [-0.1, -0.05) is 12.1 Å². The first-order valence-corrected chi connectivity index (χ1v) is 8.29. The average Bonchev–Trinajstić information content (AvgIpc) is 2.58. The van der Waals surface area contributed by atoms with Gasteiger partial charge in [0.25, 0.3) is 5.91 Å². The summed E-state index contributed by atoms with van der Waals surface area (Å²) in [6, 6.07) is 7.90. The number of rotatable bonds is 2. The standard InChI is InChI=1S/C19H22BN3O/c1-13-10-15(3)17(11-14(13)2)22-6-8-23(9-7-22)19(24)16-4-5-18(20)21-12-16/h4-5,10-12H,6-9H2,1-3H3. The number of nitrogens with zero attached hydrogens (tertiary/aromatic N) is 3. The predicted molar refractivity (Wildman–Crippen MR) is 98.4 cm³/mol. The van der Waals surface area contributed by atoms with Crippen molar-refractivity contribution in [2.45, 2.75) is 20.8 Å². The van der Waals surface area contributed by atoms with E-state index >= 15 is 0 Å². The summed E-state index contributed by atoms with van der Waals surface area (Å²) >= 11 is 0. The van der Waals surface area contributed by atoms with Crippen LogP contribution in [0.5, 0.6) is 0 Å². The molecule has 0 bridgehead atoms. The number of anilines is 1. The zero-order valence-corrected chi connectivity index (χ0v) is 14.5. The number of amides is 1. The van der Waals surface area contributed by atoms with Gasteiger partial charge in [0.2, 0.25) is 0 Å². The molecule has 1 saturated heterocycles. The van der Waals surface area contributed by atoms with Gasteiger partial charge in [-0.05, 0) is 55.2 Å². The number of aromatic nitrogens is 1. The fraction of sp³-hybridized carbons (Fsp3) is 0.368. The molecule has 0 atom stereocenters. The van der Waals surface area contributed by atoms with Crippen molar-refractivity contribution in [3.63, 3.8) is 0 Å². The quantitative estimate of drug-likeness (QED) is 0.792. The lowest BCUT2D eigenvalue weighted by atomic mass is 10.0. The van der Waals surface area contributed by atoms with Crippen molar-refractivity contribution < 1.29 is 4.79 Å². The number of benzene rings is 1. The van der Waals surface area contributed by atoms with E-state index in [0.29, 0.717) is 11.2 Å². The van der Waals surface area contributed by atoms with Gasteiger partial charge in [0.15, 0.2) is 0 Å². The van der Waals surface area contributed by atoms with E-state index < -0.39 is 0 Å².